The van der Waals surface area contributed by atoms with Gasteiger partial charge in [-0.1, -0.05) is 6.07 Å². The Labute approximate surface area is 164 Å². The van der Waals surface area contributed by atoms with Gasteiger partial charge in [-0.3, -0.25) is 4.98 Å². The van der Waals surface area contributed by atoms with Gasteiger partial charge >= 0.3 is 0 Å². The molecule has 0 aliphatic carbocycles. The molecule has 27 heavy (non-hydrogen) atoms. The van der Waals surface area contributed by atoms with E-state index in [2.05, 4.69) is 10.3 Å². The van der Waals surface area contributed by atoms with E-state index in [9.17, 15) is 21.2 Å². The number of pyridine rings is 1. The third kappa shape index (κ3) is 4.46. The number of nitrogens with zero attached hydrogens (tertiary/aromatic N) is 2. The van der Waals surface area contributed by atoms with Crippen molar-refractivity contribution in [2.75, 3.05) is 25.9 Å². The average Bonchev–Trinajstić information content (AvgIpc) is 2.61. The van der Waals surface area contributed by atoms with E-state index in [1.165, 1.54) is 4.31 Å². The standard InChI is InChI=1S/C16H18FN3O4S2.ClH/c1-25(21,22)16-5-4-13(9-14(16)17)26(23,24)20-8-7-19-11-15(20)12-3-2-6-18-10-12;/h2-6,9-10,15,19H,7-8,11H2,1H3;1H. The first kappa shape index (κ1) is 21.7. The second-order valence-electron chi connectivity index (χ2n) is 5.99. The lowest BCUT2D eigenvalue weighted by Gasteiger charge is -2.35. The lowest BCUT2D eigenvalue weighted by molar-refractivity contribution is 0.271. The predicted octanol–water partition coefficient (Wildman–Crippen LogP) is 1.38. The summed E-state index contributed by atoms with van der Waals surface area (Å²) in [7, 11) is -7.79. The van der Waals surface area contributed by atoms with E-state index in [4.69, 9.17) is 0 Å². The highest BCUT2D eigenvalue weighted by atomic mass is 35.5. The molecule has 148 valence electrons. The molecule has 1 aromatic heterocycles. The second-order valence-corrected chi connectivity index (χ2v) is 9.86. The van der Waals surface area contributed by atoms with E-state index in [-0.39, 0.29) is 23.8 Å². The van der Waals surface area contributed by atoms with Crippen LogP contribution < -0.4 is 5.32 Å². The number of sulfone groups is 1. The highest BCUT2D eigenvalue weighted by Crippen LogP contribution is 2.29. The van der Waals surface area contributed by atoms with Crippen LogP contribution in [-0.4, -0.2) is 52.0 Å². The monoisotopic (exact) mass is 435 g/mol. The van der Waals surface area contributed by atoms with E-state index < -0.39 is 36.6 Å². The van der Waals surface area contributed by atoms with Gasteiger partial charge in [0.25, 0.3) is 0 Å². The van der Waals surface area contributed by atoms with Crippen LogP contribution in [0.2, 0.25) is 0 Å². The largest absolute Gasteiger partial charge is 0.313 e. The number of nitrogens with one attached hydrogen (secondary N) is 1. The minimum absolute atomic E-state index is 0. The molecular weight excluding hydrogens is 417 g/mol. The molecule has 2 heterocycles. The first-order valence-corrected chi connectivity index (χ1v) is 11.2. The van der Waals surface area contributed by atoms with Crippen molar-refractivity contribution < 1.29 is 21.2 Å². The first-order chi connectivity index (χ1) is 12.2. The van der Waals surface area contributed by atoms with Crippen LogP contribution in [0.3, 0.4) is 0 Å². The van der Waals surface area contributed by atoms with Crippen LogP contribution >= 0.6 is 12.4 Å². The van der Waals surface area contributed by atoms with Crippen molar-refractivity contribution in [3.8, 4) is 0 Å². The van der Waals surface area contributed by atoms with Crippen LogP contribution in [0.25, 0.3) is 0 Å². The van der Waals surface area contributed by atoms with Crippen molar-refractivity contribution in [2.45, 2.75) is 15.8 Å². The molecule has 1 fully saturated rings. The van der Waals surface area contributed by atoms with E-state index in [1.807, 2.05) is 0 Å². The summed E-state index contributed by atoms with van der Waals surface area (Å²) in [5.41, 5.74) is 0.719. The maximum atomic E-state index is 14.2. The summed E-state index contributed by atoms with van der Waals surface area (Å²) in [6.45, 7) is 1.06. The van der Waals surface area contributed by atoms with E-state index >= 15 is 0 Å². The lowest BCUT2D eigenvalue weighted by atomic mass is 10.1. The van der Waals surface area contributed by atoms with Crippen LogP contribution in [-0.2, 0) is 19.9 Å². The normalized spacial score (nSPS) is 18.7. The summed E-state index contributed by atoms with van der Waals surface area (Å²) in [6.07, 6.45) is 4.06. The Balaban J connectivity index is 0.00000261. The molecule has 1 unspecified atom stereocenters. The summed E-state index contributed by atoms with van der Waals surface area (Å²) in [5.74, 6) is -1.08. The molecule has 0 saturated carbocycles. The fraction of sp³-hybridized carbons (Fsp3) is 0.312. The Kier molecular flexibility index (Phi) is 6.59. The first-order valence-electron chi connectivity index (χ1n) is 7.83. The molecule has 7 nitrogen and oxygen atoms in total. The van der Waals surface area contributed by atoms with E-state index in [1.54, 1.807) is 24.5 Å². The second kappa shape index (κ2) is 8.19. The summed E-state index contributed by atoms with van der Waals surface area (Å²) < 4.78 is 64.6. The number of aromatic nitrogens is 1. The van der Waals surface area contributed by atoms with Crippen LogP contribution in [0.1, 0.15) is 11.6 Å². The fourth-order valence-electron chi connectivity index (χ4n) is 2.91. The molecule has 1 N–H and O–H groups in total. The summed E-state index contributed by atoms with van der Waals surface area (Å²) in [5, 5.41) is 3.14. The fourth-order valence-corrected chi connectivity index (χ4v) is 5.26. The Bertz CT molecular complexity index is 1020. The van der Waals surface area contributed by atoms with Crippen molar-refractivity contribution in [1.82, 2.24) is 14.6 Å². The zero-order chi connectivity index (χ0) is 18.9. The van der Waals surface area contributed by atoms with Gasteiger partial charge in [0.05, 0.1) is 10.9 Å². The van der Waals surface area contributed by atoms with Crippen molar-refractivity contribution in [3.05, 3.63) is 54.1 Å². The predicted molar refractivity (Wildman–Crippen MR) is 100 cm³/mol. The van der Waals surface area contributed by atoms with Crippen molar-refractivity contribution in [3.63, 3.8) is 0 Å². The van der Waals surface area contributed by atoms with Gasteiger partial charge in [0.2, 0.25) is 10.0 Å². The molecule has 1 aliphatic rings. The average molecular weight is 436 g/mol. The molecule has 0 bridgehead atoms. The molecule has 0 radical (unpaired) electrons. The van der Waals surface area contributed by atoms with Crippen LogP contribution in [0.15, 0.2) is 52.5 Å². The van der Waals surface area contributed by atoms with Gasteiger partial charge in [-0.15, -0.1) is 12.4 Å². The molecule has 2 aromatic rings. The molecule has 0 amide bonds. The van der Waals surface area contributed by atoms with Gasteiger partial charge < -0.3 is 5.32 Å². The number of hydrogen-bond acceptors (Lipinski definition) is 6. The van der Waals surface area contributed by atoms with Gasteiger partial charge in [-0.2, -0.15) is 4.31 Å². The van der Waals surface area contributed by atoms with Gasteiger partial charge in [-0.25, -0.2) is 21.2 Å². The summed E-state index contributed by atoms with van der Waals surface area (Å²) in [6, 6.07) is 5.87. The number of sulfonamides is 1. The Morgan fingerprint density at radius 2 is 1.96 bits per heavy atom. The maximum Gasteiger partial charge on any atom is 0.243 e. The quantitative estimate of drug-likeness (QED) is 0.779. The van der Waals surface area contributed by atoms with E-state index in [0.717, 1.165) is 30.0 Å². The Hall–Kier alpha value is -1.59. The molecule has 1 aromatic carbocycles. The van der Waals surface area contributed by atoms with Gasteiger partial charge in [0.1, 0.15) is 10.7 Å². The highest BCUT2D eigenvalue weighted by Gasteiger charge is 2.35. The third-order valence-corrected chi connectivity index (χ3v) is 7.21. The number of halogens is 2. The van der Waals surface area contributed by atoms with Crippen LogP contribution in [0.4, 0.5) is 4.39 Å². The van der Waals surface area contributed by atoms with Crippen molar-refractivity contribution >= 4 is 32.3 Å². The number of rotatable bonds is 4. The van der Waals surface area contributed by atoms with Crippen LogP contribution in [0.5, 0.6) is 0 Å². The molecule has 0 spiro atoms. The number of hydrogen-bond donors (Lipinski definition) is 1. The van der Waals surface area contributed by atoms with Crippen molar-refractivity contribution in [1.29, 1.82) is 0 Å². The SMILES string of the molecule is CS(=O)(=O)c1ccc(S(=O)(=O)N2CCNCC2c2cccnc2)cc1F.Cl. The Morgan fingerprint density at radius 1 is 1.22 bits per heavy atom. The van der Waals surface area contributed by atoms with Gasteiger partial charge in [-0.05, 0) is 29.8 Å². The maximum absolute atomic E-state index is 14.2. The molecule has 3 rings (SSSR count). The lowest BCUT2D eigenvalue weighted by Crippen LogP contribution is -2.48. The summed E-state index contributed by atoms with van der Waals surface area (Å²) in [4.78, 5) is 3.22. The molecule has 11 heteroatoms. The minimum atomic E-state index is -4.01. The molecule has 1 atom stereocenters. The number of piperazine rings is 1. The molecule has 1 aliphatic heterocycles. The minimum Gasteiger partial charge on any atom is -0.313 e. The molecule has 1 saturated heterocycles. The highest BCUT2D eigenvalue weighted by molar-refractivity contribution is 7.90. The zero-order valence-corrected chi connectivity index (χ0v) is 16.8. The summed E-state index contributed by atoms with van der Waals surface area (Å²) >= 11 is 0. The topological polar surface area (TPSA) is 96.4 Å². The Morgan fingerprint density at radius 3 is 2.56 bits per heavy atom. The molecular formula is C16H19ClFN3O4S2. The van der Waals surface area contributed by atoms with Gasteiger partial charge in [0.15, 0.2) is 9.84 Å². The third-order valence-electron chi connectivity index (χ3n) is 4.17. The zero-order valence-electron chi connectivity index (χ0n) is 14.4. The smallest absolute Gasteiger partial charge is 0.243 e. The van der Waals surface area contributed by atoms with Crippen LogP contribution in [0, 0.1) is 5.82 Å². The van der Waals surface area contributed by atoms with E-state index in [0.29, 0.717) is 13.1 Å². The number of benzene rings is 1. The van der Waals surface area contributed by atoms with Crippen molar-refractivity contribution in [2.24, 2.45) is 0 Å². The van der Waals surface area contributed by atoms with Gasteiger partial charge in [0, 0.05) is 38.3 Å².